The molecular weight excluding hydrogens is 427 g/mol. The highest BCUT2D eigenvalue weighted by atomic mass is 19.1. The van der Waals surface area contributed by atoms with Gasteiger partial charge in [0.1, 0.15) is 0 Å². The van der Waals surface area contributed by atoms with Crippen molar-refractivity contribution >= 4 is 17.4 Å². The van der Waals surface area contributed by atoms with E-state index in [1.807, 2.05) is 31.2 Å². The molecule has 2 heterocycles. The summed E-state index contributed by atoms with van der Waals surface area (Å²) in [4.78, 5) is 14.7. The van der Waals surface area contributed by atoms with E-state index in [-0.39, 0.29) is 36.1 Å². The predicted octanol–water partition coefficient (Wildman–Crippen LogP) is 2.75. The summed E-state index contributed by atoms with van der Waals surface area (Å²) in [7, 11) is 4.39. The fraction of sp³-hybridized carbons (Fsp3) is 0.417. The summed E-state index contributed by atoms with van der Waals surface area (Å²) >= 11 is 0. The molecule has 0 aliphatic carbocycles. The van der Waals surface area contributed by atoms with E-state index in [1.54, 1.807) is 6.07 Å². The molecule has 2 aliphatic heterocycles. The van der Waals surface area contributed by atoms with Gasteiger partial charge in [-0.15, -0.1) is 0 Å². The summed E-state index contributed by atoms with van der Waals surface area (Å²) in [6.07, 6.45) is 0.670. The van der Waals surface area contributed by atoms with Crippen LogP contribution in [-0.4, -0.2) is 68.4 Å². The van der Waals surface area contributed by atoms with Crippen LogP contribution in [0.2, 0.25) is 0 Å². The second-order valence-electron chi connectivity index (χ2n) is 8.29. The maximum atomic E-state index is 15.6. The monoisotopic (exact) mass is 456 g/mol. The second kappa shape index (κ2) is 9.27. The zero-order valence-corrected chi connectivity index (χ0v) is 19.3. The quantitative estimate of drug-likeness (QED) is 0.739. The Labute approximate surface area is 192 Å². The molecule has 2 N–H and O–H groups in total. The highest BCUT2D eigenvalue weighted by Crippen LogP contribution is 2.38. The van der Waals surface area contributed by atoms with E-state index in [0.29, 0.717) is 23.4 Å². The van der Waals surface area contributed by atoms with E-state index in [2.05, 4.69) is 15.3 Å². The topological polar surface area (TPSA) is 86.6 Å². The average Bonchev–Trinajstić information content (AvgIpc) is 3.20. The van der Waals surface area contributed by atoms with Crippen LogP contribution in [0.4, 0.5) is 14.9 Å². The molecule has 8 nitrogen and oxygen atoms in total. The lowest BCUT2D eigenvalue weighted by Crippen LogP contribution is -2.41. The Hall–Kier alpha value is -3.33. The first-order valence-corrected chi connectivity index (χ1v) is 10.9. The lowest BCUT2D eigenvalue weighted by atomic mass is 9.93. The van der Waals surface area contributed by atoms with Crippen molar-refractivity contribution < 1.29 is 23.8 Å². The average molecular weight is 457 g/mol. The van der Waals surface area contributed by atoms with Crippen LogP contribution in [-0.2, 0) is 6.42 Å². The molecule has 0 spiro atoms. The van der Waals surface area contributed by atoms with Gasteiger partial charge in [-0.3, -0.25) is 0 Å². The number of rotatable bonds is 4. The summed E-state index contributed by atoms with van der Waals surface area (Å²) < 4.78 is 26.2. The number of urea groups is 1. The number of hydrogen-bond acceptors (Lipinski definition) is 6. The van der Waals surface area contributed by atoms with Crippen LogP contribution in [0, 0.1) is 5.82 Å². The van der Waals surface area contributed by atoms with Crippen molar-refractivity contribution in [1.29, 1.82) is 0 Å². The van der Waals surface area contributed by atoms with E-state index < -0.39 is 5.82 Å². The molecule has 176 valence electrons. The molecule has 1 saturated heterocycles. The molecule has 0 saturated carbocycles. The number of carbonyl (C=O) groups excluding carboxylic acids is 1. The Morgan fingerprint density at radius 3 is 2.55 bits per heavy atom. The summed E-state index contributed by atoms with van der Waals surface area (Å²) in [5.41, 5.74) is 3.14. The minimum Gasteiger partial charge on any atom is -0.493 e. The Balaban J connectivity index is 1.85. The Bertz CT molecular complexity index is 1070. The van der Waals surface area contributed by atoms with Crippen molar-refractivity contribution in [2.45, 2.75) is 31.9 Å². The number of aliphatic hydroxyl groups excluding tert-OH is 1. The molecule has 2 aromatic rings. The van der Waals surface area contributed by atoms with Crippen molar-refractivity contribution in [3.05, 3.63) is 52.8 Å². The Morgan fingerprint density at radius 2 is 1.97 bits per heavy atom. The third kappa shape index (κ3) is 4.20. The van der Waals surface area contributed by atoms with Crippen LogP contribution < -0.4 is 19.7 Å². The Morgan fingerprint density at radius 1 is 1.24 bits per heavy atom. The maximum Gasteiger partial charge on any atom is 0.337 e. The first-order valence-electron chi connectivity index (χ1n) is 10.9. The van der Waals surface area contributed by atoms with Gasteiger partial charge in [-0.25, -0.2) is 14.2 Å². The molecule has 4 rings (SSSR count). The van der Waals surface area contributed by atoms with Gasteiger partial charge in [0, 0.05) is 42.5 Å². The molecule has 0 radical (unpaired) electrons. The van der Waals surface area contributed by atoms with Crippen LogP contribution in [0.1, 0.15) is 30.0 Å². The normalized spacial score (nSPS) is 20.1. The number of anilines is 1. The molecular formula is C24H29FN4O4. The molecule has 2 amide bonds. The van der Waals surface area contributed by atoms with E-state index in [0.717, 1.165) is 24.2 Å². The summed E-state index contributed by atoms with van der Waals surface area (Å²) in [5.74, 6) is -0.239. The van der Waals surface area contributed by atoms with Crippen LogP contribution in [0.25, 0.3) is 0 Å². The van der Waals surface area contributed by atoms with Crippen LogP contribution >= 0.6 is 0 Å². The number of β-amino-alcohol motifs (C(OH)–C–C–N with tert-alkyl or cyclic N) is 1. The van der Waals surface area contributed by atoms with Crippen molar-refractivity contribution in [3.63, 3.8) is 0 Å². The highest BCUT2D eigenvalue weighted by molar-refractivity contribution is 6.14. The molecule has 0 bridgehead atoms. The number of ether oxygens (including phenoxy) is 2. The minimum absolute atomic E-state index is 0.0270. The fourth-order valence-corrected chi connectivity index (χ4v) is 4.42. The van der Waals surface area contributed by atoms with E-state index >= 15 is 4.39 Å². The van der Waals surface area contributed by atoms with Crippen LogP contribution in [0.15, 0.2) is 35.4 Å². The third-order valence-corrected chi connectivity index (χ3v) is 6.18. The summed E-state index contributed by atoms with van der Waals surface area (Å²) in [6, 6.07) is 8.64. The lowest BCUT2D eigenvalue weighted by molar-refractivity contribution is 0.184. The van der Waals surface area contributed by atoms with Crippen molar-refractivity contribution in [2.75, 3.05) is 39.3 Å². The lowest BCUT2D eigenvalue weighted by Gasteiger charge is -2.22. The zero-order valence-electron chi connectivity index (χ0n) is 19.3. The third-order valence-electron chi connectivity index (χ3n) is 6.18. The fourth-order valence-electron chi connectivity index (χ4n) is 4.42. The minimum atomic E-state index is -0.521. The van der Waals surface area contributed by atoms with Gasteiger partial charge in [-0.05, 0) is 38.0 Å². The molecule has 0 unspecified atom stereocenters. The molecule has 2 atom stereocenters. The number of nitrogens with one attached hydrogen (secondary N) is 1. The van der Waals surface area contributed by atoms with Crippen LogP contribution in [0.3, 0.4) is 0 Å². The largest absolute Gasteiger partial charge is 0.493 e. The zero-order chi connectivity index (χ0) is 23.7. The number of amides is 2. The number of hydrazone groups is 1. The SMILES string of the molecule is CNC(=O)N1N=C(c2ccc(N3CC[C@@H](O)C3)cc2)c2cc(OC)c(OC)c(F)c2C[C@@H]1C. The molecule has 2 aliphatic rings. The van der Waals surface area contributed by atoms with Gasteiger partial charge in [0.05, 0.1) is 32.1 Å². The number of benzene rings is 2. The van der Waals surface area contributed by atoms with E-state index in [9.17, 15) is 9.90 Å². The van der Waals surface area contributed by atoms with Crippen molar-refractivity contribution in [1.82, 2.24) is 10.3 Å². The second-order valence-corrected chi connectivity index (χ2v) is 8.29. The first-order chi connectivity index (χ1) is 15.9. The smallest absolute Gasteiger partial charge is 0.337 e. The Kier molecular flexibility index (Phi) is 6.42. The summed E-state index contributed by atoms with van der Waals surface area (Å²) in [6.45, 7) is 3.20. The van der Waals surface area contributed by atoms with Gasteiger partial charge in [0.2, 0.25) is 0 Å². The molecule has 0 aromatic heterocycles. The van der Waals surface area contributed by atoms with Crippen molar-refractivity contribution in [2.24, 2.45) is 5.10 Å². The highest BCUT2D eigenvalue weighted by Gasteiger charge is 2.31. The number of aliphatic hydroxyl groups is 1. The van der Waals surface area contributed by atoms with Gasteiger partial charge in [0.25, 0.3) is 0 Å². The van der Waals surface area contributed by atoms with E-state index in [4.69, 9.17) is 9.47 Å². The number of fused-ring (bicyclic) bond motifs is 1. The predicted molar refractivity (Wildman–Crippen MR) is 124 cm³/mol. The number of carbonyl (C=O) groups is 1. The van der Waals surface area contributed by atoms with Gasteiger partial charge >= 0.3 is 6.03 Å². The molecule has 2 aromatic carbocycles. The number of hydrogen-bond donors (Lipinski definition) is 2. The molecule has 1 fully saturated rings. The summed E-state index contributed by atoms with van der Waals surface area (Å²) in [5, 5.41) is 18.5. The maximum absolute atomic E-state index is 15.6. The molecule has 33 heavy (non-hydrogen) atoms. The first kappa shape index (κ1) is 22.8. The van der Waals surface area contributed by atoms with Crippen LogP contribution in [0.5, 0.6) is 11.5 Å². The van der Waals surface area contributed by atoms with Gasteiger partial charge in [-0.2, -0.15) is 5.10 Å². The molecule has 9 heteroatoms. The standard InChI is InChI=1S/C24H29FN4O4/c1-14-11-18-19(12-20(32-3)23(33-4)21(18)25)22(27-29(14)24(31)26-2)15-5-7-16(8-6-15)28-10-9-17(30)13-28/h5-8,12,14,17,30H,9-11,13H2,1-4H3,(H,26,31)/t14-,17+/m0/s1. The van der Waals surface area contributed by atoms with Crippen molar-refractivity contribution in [3.8, 4) is 11.5 Å². The van der Waals surface area contributed by atoms with Gasteiger partial charge in [-0.1, -0.05) is 12.1 Å². The van der Waals surface area contributed by atoms with Gasteiger partial charge < -0.3 is 24.8 Å². The number of nitrogens with zero attached hydrogens (tertiary/aromatic N) is 3. The number of methoxy groups -OCH3 is 2. The number of halogens is 1. The van der Waals surface area contributed by atoms with E-state index in [1.165, 1.54) is 26.3 Å². The van der Waals surface area contributed by atoms with Gasteiger partial charge in [0.15, 0.2) is 17.3 Å².